The van der Waals surface area contributed by atoms with Crippen molar-refractivity contribution >= 4 is 52.6 Å². The Labute approximate surface area is 164 Å². The first-order chi connectivity index (χ1) is 12.5. The molecular weight excluding hydrogens is 396 g/mol. The highest BCUT2D eigenvalue weighted by atomic mass is 35.5. The first-order valence-corrected chi connectivity index (χ1v) is 9.93. The summed E-state index contributed by atoms with van der Waals surface area (Å²) in [5.74, 6) is -0.559. The van der Waals surface area contributed by atoms with Crippen LogP contribution in [0.3, 0.4) is 0 Å². The molecule has 0 aliphatic heterocycles. The summed E-state index contributed by atoms with van der Waals surface area (Å²) in [5, 5.41) is 4.42. The fourth-order valence-corrected chi connectivity index (χ4v) is 3.97. The molecule has 0 unspecified atom stereocenters. The molecule has 26 heavy (non-hydrogen) atoms. The average molecular weight is 413 g/mol. The van der Waals surface area contributed by atoms with Crippen LogP contribution in [0.25, 0.3) is 0 Å². The molecular formula is C17H17ClN2O4S2. The molecule has 2 rings (SSSR count). The zero-order chi connectivity index (χ0) is 18.9. The van der Waals surface area contributed by atoms with Crippen LogP contribution in [0.5, 0.6) is 0 Å². The molecule has 0 radical (unpaired) electrons. The lowest BCUT2D eigenvalue weighted by atomic mass is 10.1. The maximum Gasteiger partial charge on any atom is 0.321 e. The van der Waals surface area contributed by atoms with Gasteiger partial charge in [-0.3, -0.25) is 14.9 Å². The Hall–Kier alpha value is -2.03. The zero-order valence-corrected chi connectivity index (χ0v) is 16.2. The van der Waals surface area contributed by atoms with E-state index in [-0.39, 0.29) is 5.75 Å². The SMILES string of the molecule is CNC(=O)NC(=O)[C@H](OC(=O)CSCc1ccc(Cl)s1)c1ccccc1. The average Bonchev–Trinajstić information content (AvgIpc) is 3.05. The Morgan fingerprint density at radius 2 is 1.92 bits per heavy atom. The number of hydrogen-bond donors (Lipinski definition) is 2. The third-order valence-corrected chi connectivity index (χ3v) is 5.52. The van der Waals surface area contributed by atoms with Gasteiger partial charge in [-0.1, -0.05) is 41.9 Å². The van der Waals surface area contributed by atoms with Gasteiger partial charge in [-0.25, -0.2) is 4.79 Å². The van der Waals surface area contributed by atoms with Crippen molar-refractivity contribution < 1.29 is 19.1 Å². The van der Waals surface area contributed by atoms with E-state index in [1.165, 1.54) is 30.1 Å². The second-order valence-electron chi connectivity index (χ2n) is 5.05. The molecule has 0 aliphatic carbocycles. The van der Waals surface area contributed by atoms with Crippen LogP contribution in [0.15, 0.2) is 42.5 Å². The highest BCUT2D eigenvalue weighted by molar-refractivity contribution is 7.99. The van der Waals surface area contributed by atoms with Crippen LogP contribution >= 0.6 is 34.7 Å². The van der Waals surface area contributed by atoms with Gasteiger partial charge < -0.3 is 10.1 Å². The van der Waals surface area contributed by atoms with Crippen molar-refractivity contribution in [1.29, 1.82) is 0 Å². The molecule has 9 heteroatoms. The number of carbonyl (C=O) groups is 3. The Bertz CT molecular complexity index is 767. The van der Waals surface area contributed by atoms with E-state index in [0.717, 1.165) is 4.88 Å². The number of ether oxygens (including phenoxy) is 1. The summed E-state index contributed by atoms with van der Waals surface area (Å²) in [6, 6.07) is 11.6. The second kappa shape index (κ2) is 10.2. The number of thiophene rings is 1. The fourth-order valence-electron chi connectivity index (χ4n) is 1.97. The molecule has 1 aromatic carbocycles. The number of esters is 1. The maximum absolute atomic E-state index is 12.3. The molecule has 0 fully saturated rings. The number of carbonyl (C=O) groups excluding carboxylic acids is 3. The van der Waals surface area contributed by atoms with Crippen LogP contribution in [0, 0.1) is 0 Å². The van der Waals surface area contributed by atoms with E-state index in [0.29, 0.717) is 15.7 Å². The van der Waals surface area contributed by atoms with Crippen molar-refractivity contribution in [3.8, 4) is 0 Å². The number of hydrogen-bond acceptors (Lipinski definition) is 6. The first kappa shape index (κ1) is 20.3. The summed E-state index contributed by atoms with van der Waals surface area (Å²) in [6.07, 6.45) is -1.20. The number of nitrogens with one attached hydrogen (secondary N) is 2. The number of thioether (sulfide) groups is 1. The lowest BCUT2D eigenvalue weighted by Crippen LogP contribution is -2.41. The van der Waals surface area contributed by atoms with Crippen LogP contribution in [0.2, 0.25) is 4.34 Å². The molecule has 0 saturated carbocycles. The van der Waals surface area contributed by atoms with E-state index >= 15 is 0 Å². The minimum absolute atomic E-state index is 0.0755. The standard InChI is InChI=1S/C17H17ClN2O4S2/c1-19-17(23)20-16(22)15(11-5-3-2-4-6-11)24-14(21)10-25-9-12-7-8-13(18)26-12/h2-8,15H,9-10H2,1H3,(H2,19,20,22,23)/t15-/m1/s1. The van der Waals surface area contributed by atoms with Crippen LogP contribution < -0.4 is 10.6 Å². The molecule has 6 nitrogen and oxygen atoms in total. The second-order valence-corrected chi connectivity index (χ2v) is 7.83. The number of amides is 3. The summed E-state index contributed by atoms with van der Waals surface area (Å²) in [7, 11) is 1.39. The van der Waals surface area contributed by atoms with Gasteiger partial charge in [-0.05, 0) is 12.1 Å². The summed E-state index contributed by atoms with van der Waals surface area (Å²) in [5.41, 5.74) is 0.484. The Morgan fingerprint density at radius 1 is 1.19 bits per heavy atom. The highest BCUT2D eigenvalue weighted by Gasteiger charge is 2.26. The van der Waals surface area contributed by atoms with E-state index in [4.69, 9.17) is 16.3 Å². The lowest BCUT2D eigenvalue weighted by Gasteiger charge is -2.17. The number of urea groups is 1. The summed E-state index contributed by atoms with van der Waals surface area (Å²) >= 11 is 8.68. The van der Waals surface area contributed by atoms with Gasteiger partial charge in [0.1, 0.15) is 0 Å². The van der Waals surface area contributed by atoms with E-state index in [9.17, 15) is 14.4 Å². The predicted molar refractivity (Wildman–Crippen MR) is 103 cm³/mol. The van der Waals surface area contributed by atoms with Gasteiger partial charge in [0.2, 0.25) is 6.10 Å². The van der Waals surface area contributed by atoms with Crippen molar-refractivity contribution in [3.63, 3.8) is 0 Å². The van der Waals surface area contributed by atoms with Crippen molar-refractivity contribution in [2.45, 2.75) is 11.9 Å². The smallest absolute Gasteiger partial charge is 0.321 e. The van der Waals surface area contributed by atoms with Gasteiger partial charge in [0.15, 0.2) is 0 Å². The number of benzene rings is 1. The number of halogens is 1. The Morgan fingerprint density at radius 3 is 2.54 bits per heavy atom. The molecule has 2 aromatic rings. The molecule has 0 spiro atoms. The summed E-state index contributed by atoms with van der Waals surface area (Å²) in [6.45, 7) is 0. The molecule has 2 N–H and O–H groups in total. The van der Waals surface area contributed by atoms with Crippen molar-refractivity contribution in [3.05, 3.63) is 57.2 Å². The zero-order valence-electron chi connectivity index (χ0n) is 13.9. The first-order valence-electron chi connectivity index (χ1n) is 7.58. The van der Waals surface area contributed by atoms with Gasteiger partial charge in [-0.15, -0.1) is 23.1 Å². The Balaban J connectivity index is 1.95. The van der Waals surface area contributed by atoms with Crippen LogP contribution in [-0.2, 0) is 20.1 Å². The normalized spacial score (nSPS) is 11.5. The van der Waals surface area contributed by atoms with Crippen molar-refractivity contribution in [2.75, 3.05) is 12.8 Å². The van der Waals surface area contributed by atoms with Crippen LogP contribution in [-0.4, -0.2) is 30.7 Å². The molecule has 0 bridgehead atoms. The highest BCUT2D eigenvalue weighted by Crippen LogP contribution is 2.25. The molecule has 0 aliphatic rings. The lowest BCUT2D eigenvalue weighted by molar-refractivity contribution is -0.153. The minimum atomic E-state index is -1.20. The molecule has 0 saturated heterocycles. The monoisotopic (exact) mass is 412 g/mol. The molecule has 1 heterocycles. The van der Waals surface area contributed by atoms with E-state index < -0.39 is 24.0 Å². The third kappa shape index (κ3) is 6.36. The maximum atomic E-state index is 12.3. The van der Waals surface area contributed by atoms with Gasteiger partial charge in [0.25, 0.3) is 5.91 Å². The van der Waals surface area contributed by atoms with Crippen LogP contribution in [0.1, 0.15) is 16.5 Å². The summed E-state index contributed by atoms with van der Waals surface area (Å²) < 4.78 is 6.01. The predicted octanol–water partition coefficient (Wildman–Crippen LogP) is 3.37. The van der Waals surface area contributed by atoms with E-state index in [1.807, 2.05) is 6.07 Å². The quantitative estimate of drug-likeness (QED) is 0.681. The minimum Gasteiger partial charge on any atom is -0.447 e. The third-order valence-electron chi connectivity index (χ3n) is 3.15. The van der Waals surface area contributed by atoms with Gasteiger partial charge in [0.05, 0.1) is 10.1 Å². The fraction of sp³-hybridized carbons (Fsp3) is 0.235. The molecule has 138 valence electrons. The summed E-state index contributed by atoms with van der Waals surface area (Å²) in [4.78, 5) is 36.8. The molecule has 1 atom stereocenters. The molecule has 3 amide bonds. The topological polar surface area (TPSA) is 84.5 Å². The number of rotatable bonds is 7. The van der Waals surface area contributed by atoms with Crippen LogP contribution in [0.4, 0.5) is 4.79 Å². The van der Waals surface area contributed by atoms with Gasteiger partial charge in [-0.2, -0.15) is 0 Å². The number of imide groups is 1. The van der Waals surface area contributed by atoms with Gasteiger partial charge in [0, 0.05) is 23.2 Å². The van der Waals surface area contributed by atoms with Crippen molar-refractivity contribution in [2.24, 2.45) is 0 Å². The van der Waals surface area contributed by atoms with E-state index in [1.54, 1.807) is 36.4 Å². The van der Waals surface area contributed by atoms with Crippen molar-refractivity contribution in [1.82, 2.24) is 10.6 Å². The molecule has 1 aromatic heterocycles. The van der Waals surface area contributed by atoms with E-state index in [2.05, 4.69) is 10.6 Å². The largest absolute Gasteiger partial charge is 0.447 e. The van der Waals surface area contributed by atoms with Gasteiger partial charge >= 0.3 is 12.0 Å². The Kier molecular flexibility index (Phi) is 7.96.